The normalized spacial score (nSPS) is 10.3. The first-order valence-electron chi connectivity index (χ1n) is 7.57. The van der Waals surface area contributed by atoms with E-state index in [1.165, 1.54) is 7.11 Å². The third kappa shape index (κ3) is 4.04. The number of esters is 1. The molecule has 0 atom stereocenters. The number of ether oxygens (including phenoxy) is 1. The summed E-state index contributed by atoms with van der Waals surface area (Å²) in [5.74, 6) is 0.375. The summed E-state index contributed by atoms with van der Waals surface area (Å²) < 4.78 is 4.78. The molecule has 0 spiro atoms. The summed E-state index contributed by atoms with van der Waals surface area (Å²) in [5, 5.41) is 6.95. The maximum Gasteiger partial charge on any atom is 0.339 e. The van der Waals surface area contributed by atoms with Gasteiger partial charge in [0.25, 0.3) is 0 Å². The topological polar surface area (TPSA) is 76.1 Å². The molecule has 0 aliphatic rings. The monoisotopic (exact) mass is 388 g/mol. The summed E-state index contributed by atoms with van der Waals surface area (Å²) in [6.07, 6.45) is 1.58. The number of methoxy groups -OCH3 is 1. The van der Waals surface area contributed by atoms with Crippen LogP contribution in [0.15, 0.2) is 54.7 Å². The molecule has 6 nitrogen and oxygen atoms in total. The highest BCUT2D eigenvalue weighted by molar-refractivity contribution is 6.43. The Morgan fingerprint density at radius 1 is 1.00 bits per heavy atom. The van der Waals surface area contributed by atoms with Crippen molar-refractivity contribution in [2.24, 2.45) is 0 Å². The number of halogens is 2. The Morgan fingerprint density at radius 3 is 2.58 bits per heavy atom. The first-order chi connectivity index (χ1) is 12.6. The summed E-state index contributed by atoms with van der Waals surface area (Å²) in [7, 11) is 1.33. The second-order valence-electron chi connectivity index (χ2n) is 5.15. The second-order valence-corrected chi connectivity index (χ2v) is 5.94. The van der Waals surface area contributed by atoms with Crippen molar-refractivity contribution in [3.8, 4) is 0 Å². The molecule has 0 saturated heterocycles. The average molecular weight is 389 g/mol. The third-order valence-corrected chi connectivity index (χ3v) is 4.27. The van der Waals surface area contributed by atoms with Gasteiger partial charge in [0.2, 0.25) is 5.95 Å². The van der Waals surface area contributed by atoms with Crippen molar-refractivity contribution in [2.45, 2.75) is 0 Å². The number of hydrogen-bond donors (Lipinski definition) is 2. The van der Waals surface area contributed by atoms with Crippen LogP contribution < -0.4 is 10.6 Å². The zero-order chi connectivity index (χ0) is 18.5. The highest BCUT2D eigenvalue weighted by Crippen LogP contribution is 2.31. The highest BCUT2D eigenvalue weighted by atomic mass is 35.5. The van der Waals surface area contributed by atoms with Gasteiger partial charge in [-0.25, -0.2) is 9.78 Å². The van der Waals surface area contributed by atoms with Crippen LogP contribution in [-0.4, -0.2) is 23.0 Å². The van der Waals surface area contributed by atoms with Gasteiger partial charge >= 0.3 is 5.97 Å². The first kappa shape index (κ1) is 18.0. The van der Waals surface area contributed by atoms with E-state index in [-0.39, 0.29) is 0 Å². The van der Waals surface area contributed by atoms with Gasteiger partial charge in [0, 0.05) is 6.20 Å². The van der Waals surface area contributed by atoms with Crippen molar-refractivity contribution in [1.82, 2.24) is 9.97 Å². The smallest absolute Gasteiger partial charge is 0.339 e. The van der Waals surface area contributed by atoms with Crippen LogP contribution in [0, 0.1) is 0 Å². The van der Waals surface area contributed by atoms with Crippen molar-refractivity contribution in [1.29, 1.82) is 0 Å². The largest absolute Gasteiger partial charge is 0.465 e. The van der Waals surface area contributed by atoms with Crippen LogP contribution in [0.4, 0.5) is 23.1 Å². The van der Waals surface area contributed by atoms with E-state index < -0.39 is 5.97 Å². The molecule has 0 fully saturated rings. The molecule has 0 unspecified atom stereocenters. The van der Waals surface area contributed by atoms with E-state index in [1.54, 1.807) is 54.7 Å². The summed E-state index contributed by atoms with van der Waals surface area (Å²) in [6, 6.07) is 13.9. The molecular weight excluding hydrogens is 375 g/mol. The number of para-hydroxylation sites is 1. The molecule has 0 aliphatic heterocycles. The number of aromatic nitrogens is 2. The molecule has 1 heterocycles. The number of hydrogen-bond acceptors (Lipinski definition) is 6. The van der Waals surface area contributed by atoms with E-state index in [0.29, 0.717) is 38.7 Å². The molecule has 132 valence electrons. The minimum absolute atomic E-state index is 0.310. The standard InChI is InChI=1S/C18H14Cl2N4O2/c1-26-17(25)11-5-2-3-7-13(11)23-18-21-10-9-15(24-18)22-14-8-4-6-12(19)16(14)20/h2-10H,1H3,(H2,21,22,23,24). The number of anilines is 4. The summed E-state index contributed by atoms with van der Waals surface area (Å²) >= 11 is 12.2. The van der Waals surface area contributed by atoms with Crippen LogP contribution >= 0.6 is 23.2 Å². The molecule has 0 saturated carbocycles. The molecule has 0 bridgehead atoms. The molecule has 0 radical (unpaired) electrons. The first-order valence-corrected chi connectivity index (χ1v) is 8.32. The van der Waals surface area contributed by atoms with Gasteiger partial charge in [-0.05, 0) is 30.3 Å². The number of nitrogens with one attached hydrogen (secondary N) is 2. The molecular formula is C18H14Cl2N4O2. The Kier molecular flexibility index (Phi) is 5.55. The molecule has 2 N–H and O–H groups in total. The van der Waals surface area contributed by atoms with Crippen molar-refractivity contribution >= 4 is 52.3 Å². The highest BCUT2D eigenvalue weighted by Gasteiger charge is 2.12. The number of benzene rings is 2. The van der Waals surface area contributed by atoms with Crippen molar-refractivity contribution in [3.05, 3.63) is 70.3 Å². The maximum absolute atomic E-state index is 11.9. The van der Waals surface area contributed by atoms with Gasteiger partial charge < -0.3 is 15.4 Å². The van der Waals surface area contributed by atoms with Gasteiger partial charge in [-0.15, -0.1) is 0 Å². The second kappa shape index (κ2) is 8.03. The number of carbonyl (C=O) groups is 1. The summed E-state index contributed by atoms with van der Waals surface area (Å²) in [6.45, 7) is 0. The molecule has 3 rings (SSSR count). The van der Waals surface area contributed by atoms with Crippen molar-refractivity contribution in [3.63, 3.8) is 0 Å². The Labute approximate surface area is 160 Å². The average Bonchev–Trinajstić information content (AvgIpc) is 2.66. The van der Waals surface area contributed by atoms with Gasteiger partial charge in [0.05, 0.1) is 34.1 Å². The van der Waals surface area contributed by atoms with E-state index >= 15 is 0 Å². The number of rotatable bonds is 5. The van der Waals surface area contributed by atoms with E-state index in [2.05, 4.69) is 20.6 Å². The van der Waals surface area contributed by atoms with Crippen LogP contribution in [0.25, 0.3) is 0 Å². The fourth-order valence-electron chi connectivity index (χ4n) is 2.23. The minimum Gasteiger partial charge on any atom is -0.465 e. The Hall–Kier alpha value is -2.83. The van der Waals surface area contributed by atoms with Gasteiger partial charge in [-0.3, -0.25) is 0 Å². The number of carbonyl (C=O) groups excluding carboxylic acids is 1. The molecule has 26 heavy (non-hydrogen) atoms. The maximum atomic E-state index is 11.9. The molecule has 2 aromatic carbocycles. The SMILES string of the molecule is COC(=O)c1ccccc1Nc1nccc(Nc2cccc(Cl)c2Cl)n1. The predicted octanol–water partition coefficient (Wildman–Crippen LogP) is 5.06. The van der Waals surface area contributed by atoms with Crippen LogP contribution in [0.1, 0.15) is 10.4 Å². The zero-order valence-corrected chi connectivity index (χ0v) is 15.2. The fraction of sp³-hybridized carbons (Fsp3) is 0.0556. The molecule has 8 heteroatoms. The van der Waals surface area contributed by atoms with Gasteiger partial charge in [0.1, 0.15) is 5.82 Å². The minimum atomic E-state index is -0.451. The van der Waals surface area contributed by atoms with Gasteiger partial charge in [-0.2, -0.15) is 4.98 Å². The lowest BCUT2D eigenvalue weighted by atomic mass is 10.2. The molecule has 1 aromatic heterocycles. The van der Waals surface area contributed by atoms with E-state index in [4.69, 9.17) is 27.9 Å². The zero-order valence-electron chi connectivity index (χ0n) is 13.7. The van der Waals surface area contributed by atoms with E-state index in [1.807, 2.05) is 0 Å². The van der Waals surface area contributed by atoms with Crippen molar-refractivity contribution in [2.75, 3.05) is 17.7 Å². The van der Waals surface area contributed by atoms with Gasteiger partial charge in [0.15, 0.2) is 0 Å². The Balaban J connectivity index is 1.85. The molecule has 3 aromatic rings. The van der Waals surface area contributed by atoms with Crippen LogP contribution in [-0.2, 0) is 4.74 Å². The lowest BCUT2D eigenvalue weighted by Gasteiger charge is -2.11. The fourth-order valence-corrected chi connectivity index (χ4v) is 2.58. The van der Waals surface area contributed by atoms with Crippen LogP contribution in [0.3, 0.4) is 0 Å². The quantitative estimate of drug-likeness (QED) is 0.595. The van der Waals surface area contributed by atoms with Gasteiger partial charge in [-0.1, -0.05) is 41.4 Å². The predicted molar refractivity (Wildman–Crippen MR) is 103 cm³/mol. The van der Waals surface area contributed by atoms with Crippen molar-refractivity contribution < 1.29 is 9.53 Å². The Bertz CT molecular complexity index is 950. The molecule has 0 amide bonds. The van der Waals surface area contributed by atoms with Crippen LogP contribution in [0.2, 0.25) is 10.0 Å². The van der Waals surface area contributed by atoms with E-state index in [0.717, 1.165) is 0 Å². The summed E-state index contributed by atoms with van der Waals surface area (Å²) in [5.41, 5.74) is 1.55. The summed E-state index contributed by atoms with van der Waals surface area (Å²) in [4.78, 5) is 20.4. The lowest BCUT2D eigenvalue weighted by Crippen LogP contribution is -2.07. The third-order valence-electron chi connectivity index (χ3n) is 3.45. The van der Waals surface area contributed by atoms with Crippen LogP contribution in [0.5, 0.6) is 0 Å². The lowest BCUT2D eigenvalue weighted by molar-refractivity contribution is 0.0602. The number of nitrogens with zero attached hydrogens (tertiary/aromatic N) is 2. The van der Waals surface area contributed by atoms with E-state index in [9.17, 15) is 4.79 Å². The molecule has 0 aliphatic carbocycles. The Morgan fingerprint density at radius 2 is 1.77 bits per heavy atom.